The lowest BCUT2D eigenvalue weighted by atomic mass is 10.0. The number of aromatic nitrogens is 1. The van der Waals surface area contributed by atoms with Crippen molar-refractivity contribution in [3.63, 3.8) is 0 Å². The molecule has 0 unspecified atom stereocenters. The van der Waals surface area contributed by atoms with Gasteiger partial charge in [0, 0.05) is 42.6 Å². The second-order valence-electron chi connectivity index (χ2n) is 8.01. The fourth-order valence-electron chi connectivity index (χ4n) is 3.71. The number of sulfonamides is 1. The van der Waals surface area contributed by atoms with Crippen LogP contribution in [0.1, 0.15) is 17.5 Å². The molecule has 0 radical (unpaired) electrons. The zero-order valence-electron chi connectivity index (χ0n) is 18.6. The van der Waals surface area contributed by atoms with Gasteiger partial charge >= 0.3 is 0 Å². The molecule has 1 aromatic heterocycles. The molecule has 178 valence electrons. The summed E-state index contributed by atoms with van der Waals surface area (Å²) in [6, 6.07) is 19.7. The zero-order chi connectivity index (χ0) is 24.8. The monoisotopic (exact) mass is 492 g/mol. The van der Waals surface area contributed by atoms with Crippen molar-refractivity contribution in [2.75, 3.05) is 4.72 Å². The van der Waals surface area contributed by atoms with E-state index in [0.29, 0.717) is 24.5 Å². The number of ketones is 1. The molecule has 0 saturated heterocycles. The molecule has 0 bridgehead atoms. The lowest BCUT2D eigenvalue weighted by Gasteiger charge is -2.14. The molecule has 4 aromatic rings. The van der Waals surface area contributed by atoms with Crippen LogP contribution in [0.25, 0.3) is 11.1 Å². The Bertz CT molecular complexity index is 1430. The largest absolute Gasteiger partial charge is 0.299 e. The van der Waals surface area contributed by atoms with Crippen LogP contribution in [0.2, 0.25) is 0 Å². The number of nitrogens with one attached hydrogen (secondary N) is 1. The summed E-state index contributed by atoms with van der Waals surface area (Å²) in [5.74, 6) is -2.02. The molecular formula is C27H22F2N2O3S. The first kappa shape index (κ1) is 24.2. The Kier molecular flexibility index (Phi) is 7.31. The van der Waals surface area contributed by atoms with Gasteiger partial charge in [-0.2, -0.15) is 0 Å². The Morgan fingerprint density at radius 1 is 0.886 bits per heavy atom. The molecule has 0 saturated carbocycles. The molecule has 0 amide bonds. The van der Waals surface area contributed by atoms with Crippen molar-refractivity contribution in [3.8, 4) is 11.1 Å². The van der Waals surface area contributed by atoms with Crippen molar-refractivity contribution >= 4 is 21.5 Å². The van der Waals surface area contributed by atoms with Gasteiger partial charge in [-0.25, -0.2) is 17.2 Å². The number of halogens is 2. The second kappa shape index (κ2) is 10.6. The molecule has 8 heteroatoms. The molecule has 0 fully saturated rings. The van der Waals surface area contributed by atoms with Crippen LogP contribution in [0.4, 0.5) is 14.5 Å². The van der Waals surface area contributed by atoms with E-state index in [0.717, 1.165) is 17.2 Å². The standard InChI is InChI=1S/C27H22F2N2O3S/c28-22-16-25(21-6-2-1-3-7-21)27(26(29)17-22)35(33,34)31-23-11-8-19(9-12-23)15-24(32)13-10-20-5-4-14-30-18-20/h1-9,11-12,14,16-18,31H,10,13,15H2. The maximum atomic E-state index is 14.7. The number of aryl methyl sites for hydroxylation is 1. The van der Waals surface area contributed by atoms with Crippen LogP contribution in [0.15, 0.2) is 96.2 Å². The predicted molar refractivity (Wildman–Crippen MR) is 130 cm³/mol. The van der Waals surface area contributed by atoms with E-state index in [1.807, 2.05) is 12.1 Å². The van der Waals surface area contributed by atoms with Gasteiger partial charge in [-0.3, -0.25) is 14.5 Å². The molecule has 1 heterocycles. The van der Waals surface area contributed by atoms with E-state index >= 15 is 0 Å². The first-order valence-corrected chi connectivity index (χ1v) is 12.4. The van der Waals surface area contributed by atoms with Crippen LogP contribution in [0, 0.1) is 11.6 Å². The van der Waals surface area contributed by atoms with Crippen LogP contribution >= 0.6 is 0 Å². The number of carbonyl (C=O) groups is 1. The first-order chi connectivity index (χ1) is 16.8. The highest BCUT2D eigenvalue weighted by molar-refractivity contribution is 7.92. The minimum Gasteiger partial charge on any atom is -0.299 e. The second-order valence-corrected chi connectivity index (χ2v) is 9.63. The third-order valence-corrected chi connectivity index (χ3v) is 6.84. The molecule has 0 aliphatic heterocycles. The van der Waals surface area contributed by atoms with Crippen molar-refractivity contribution in [2.24, 2.45) is 0 Å². The topological polar surface area (TPSA) is 76.1 Å². The van der Waals surface area contributed by atoms with Crippen molar-refractivity contribution in [1.82, 2.24) is 4.98 Å². The highest BCUT2D eigenvalue weighted by Gasteiger charge is 2.25. The minimum absolute atomic E-state index is 0.0445. The van der Waals surface area contributed by atoms with Gasteiger partial charge in [0.1, 0.15) is 22.3 Å². The zero-order valence-corrected chi connectivity index (χ0v) is 19.4. The summed E-state index contributed by atoms with van der Waals surface area (Å²) in [6.45, 7) is 0. The number of Topliss-reactive ketones (excluding diaryl/α,β-unsaturated/α-hetero) is 1. The molecule has 5 nitrogen and oxygen atoms in total. The van der Waals surface area contributed by atoms with Gasteiger partial charge in [-0.15, -0.1) is 0 Å². The van der Waals surface area contributed by atoms with E-state index in [4.69, 9.17) is 0 Å². The third kappa shape index (κ3) is 6.16. The van der Waals surface area contributed by atoms with Crippen molar-refractivity contribution in [1.29, 1.82) is 0 Å². The smallest absolute Gasteiger partial charge is 0.265 e. The highest BCUT2D eigenvalue weighted by Crippen LogP contribution is 2.32. The SMILES string of the molecule is O=C(CCc1cccnc1)Cc1ccc(NS(=O)(=O)c2c(F)cc(F)cc2-c2ccccc2)cc1. The van der Waals surface area contributed by atoms with E-state index < -0.39 is 26.6 Å². The number of hydrogen-bond donors (Lipinski definition) is 1. The maximum Gasteiger partial charge on any atom is 0.265 e. The molecule has 3 aromatic carbocycles. The summed E-state index contributed by atoms with van der Waals surface area (Å²) in [4.78, 5) is 15.7. The predicted octanol–water partition coefficient (Wildman–Crippen LogP) is 5.57. The van der Waals surface area contributed by atoms with Gasteiger partial charge < -0.3 is 0 Å². The average Bonchev–Trinajstić information content (AvgIpc) is 2.84. The van der Waals surface area contributed by atoms with Crippen LogP contribution < -0.4 is 4.72 Å². The summed E-state index contributed by atoms with van der Waals surface area (Å²) >= 11 is 0. The van der Waals surface area contributed by atoms with Crippen LogP contribution in [-0.2, 0) is 27.7 Å². The van der Waals surface area contributed by atoms with Crippen LogP contribution in [-0.4, -0.2) is 19.2 Å². The van der Waals surface area contributed by atoms with E-state index in [9.17, 15) is 22.0 Å². The van der Waals surface area contributed by atoms with E-state index in [1.165, 1.54) is 12.1 Å². The van der Waals surface area contributed by atoms with E-state index in [1.54, 1.807) is 54.9 Å². The molecule has 0 aliphatic carbocycles. The number of nitrogens with zero attached hydrogens (tertiary/aromatic N) is 1. The summed E-state index contributed by atoms with van der Waals surface area (Å²) in [7, 11) is -4.38. The molecule has 0 aliphatic rings. The summed E-state index contributed by atoms with van der Waals surface area (Å²) < 4.78 is 57.1. The Labute approximate surface area is 202 Å². The Morgan fingerprint density at radius 3 is 2.31 bits per heavy atom. The third-order valence-electron chi connectivity index (χ3n) is 5.38. The van der Waals surface area contributed by atoms with E-state index in [-0.39, 0.29) is 23.5 Å². The number of carbonyl (C=O) groups excluding carboxylic acids is 1. The van der Waals surface area contributed by atoms with Crippen molar-refractivity contribution < 1.29 is 22.0 Å². The molecule has 1 N–H and O–H groups in total. The fraction of sp³-hybridized carbons (Fsp3) is 0.111. The number of anilines is 1. The lowest BCUT2D eigenvalue weighted by Crippen LogP contribution is -2.16. The Balaban J connectivity index is 1.48. The Hall–Kier alpha value is -3.91. The minimum atomic E-state index is -4.38. The van der Waals surface area contributed by atoms with Gasteiger partial charge in [0.2, 0.25) is 0 Å². The quantitative estimate of drug-likeness (QED) is 0.331. The number of pyridine rings is 1. The summed E-state index contributed by atoms with van der Waals surface area (Å²) in [6.07, 6.45) is 4.57. The van der Waals surface area contributed by atoms with Gasteiger partial charge in [0.05, 0.1) is 0 Å². The van der Waals surface area contributed by atoms with Gasteiger partial charge in [0.15, 0.2) is 0 Å². The number of rotatable bonds is 9. The van der Waals surface area contributed by atoms with E-state index in [2.05, 4.69) is 9.71 Å². The summed E-state index contributed by atoms with van der Waals surface area (Å²) in [5.41, 5.74) is 2.19. The van der Waals surface area contributed by atoms with Crippen LogP contribution in [0.5, 0.6) is 0 Å². The normalized spacial score (nSPS) is 11.3. The molecular weight excluding hydrogens is 470 g/mol. The molecule has 0 spiro atoms. The van der Waals surface area contributed by atoms with Gasteiger partial charge in [-0.1, -0.05) is 48.5 Å². The maximum absolute atomic E-state index is 14.7. The molecule has 4 rings (SSSR count). The highest BCUT2D eigenvalue weighted by atomic mass is 32.2. The summed E-state index contributed by atoms with van der Waals surface area (Å²) in [5, 5.41) is 0. The molecule has 35 heavy (non-hydrogen) atoms. The van der Waals surface area contributed by atoms with Gasteiger partial charge in [-0.05, 0) is 47.4 Å². The average molecular weight is 493 g/mol. The van der Waals surface area contributed by atoms with Crippen molar-refractivity contribution in [3.05, 3.63) is 114 Å². The number of benzene rings is 3. The number of hydrogen-bond acceptors (Lipinski definition) is 4. The fourth-order valence-corrected chi connectivity index (χ4v) is 5.04. The first-order valence-electron chi connectivity index (χ1n) is 10.9. The van der Waals surface area contributed by atoms with Gasteiger partial charge in [0.25, 0.3) is 10.0 Å². The Morgan fingerprint density at radius 2 is 1.63 bits per heavy atom. The lowest BCUT2D eigenvalue weighted by molar-refractivity contribution is -0.118. The molecule has 0 atom stereocenters. The van der Waals surface area contributed by atoms with Crippen molar-refractivity contribution in [2.45, 2.75) is 24.2 Å². The van der Waals surface area contributed by atoms with Crippen LogP contribution in [0.3, 0.4) is 0 Å².